The number of fused-ring (bicyclic) bond motifs is 1. The Labute approximate surface area is 167 Å². The molecular formula is C20H23N5O4. The zero-order valence-electron chi connectivity index (χ0n) is 15.9. The normalized spacial score (nSPS) is 18.7. The van der Waals surface area contributed by atoms with Gasteiger partial charge in [-0.1, -0.05) is 30.3 Å². The average molecular weight is 397 g/mol. The molecule has 3 heterocycles. The Morgan fingerprint density at radius 2 is 1.97 bits per heavy atom. The molecule has 1 saturated heterocycles. The Bertz CT molecular complexity index is 953. The third-order valence-electron chi connectivity index (χ3n) is 5.12. The Kier molecular flexibility index (Phi) is 5.57. The molecule has 9 heteroatoms. The minimum atomic E-state index is -0.857. The molecule has 2 aliphatic heterocycles. The lowest BCUT2D eigenvalue weighted by Gasteiger charge is -2.29. The molecule has 2 aliphatic rings. The zero-order valence-corrected chi connectivity index (χ0v) is 15.9. The monoisotopic (exact) mass is 397 g/mol. The Balaban J connectivity index is 1.51. The first-order valence-corrected chi connectivity index (χ1v) is 9.70. The van der Waals surface area contributed by atoms with Gasteiger partial charge in [0.15, 0.2) is 0 Å². The van der Waals surface area contributed by atoms with Gasteiger partial charge in [-0.3, -0.25) is 19.4 Å². The molecule has 1 aromatic carbocycles. The van der Waals surface area contributed by atoms with E-state index >= 15 is 0 Å². The molecule has 0 aliphatic carbocycles. The lowest BCUT2D eigenvalue weighted by Crippen LogP contribution is -2.42. The van der Waals surface area contributed by atoms with Crippen LogP contribution in [0.3, 0.4) is 0 Å². The molecule has 0 spiro atoms. The molecule has 1 atom stereocenters. The molecule has 0 unspecified atom stereocenters. The summed E-state index contributed by atoms with van der Waals surface area (Å²) in [4.78, 5) is 46.7. The summed E-state index contributed by atoms with van der Waals surface area (Å²) < 4.78 is 5.31. The predicted molar refractivity (Wildman–Crippen MR) is 107 cm³/mol. The summed E-state index contributed by atoms with van der Waals surface area (Å²) in [5, 5.41) is 5.48. The van der Waals surface area contributed by atoms with Gasteiger partial charge in [0.05, 0.1) is 24.7 Å². The van der Waals surface area contributed by atoms with Gasteiger partial charge in [-0.25, -0.2) is 0 Å². The first-order valence-electron chi connectivity index (χ1n) is 9.70. The number of aromatic nitrogens is 2. The number of amides is 2. The van der Waals surface area contributed by atoms with Gasteiger partial charge in [0.2, 0.25) is 17.8 Å². The summed E-state index contributed by atoms with van der Waals surface area (Å²) in [6, 6.07) is 9.78. The van der Waals surface area contributed by atoms with Gasteiger partial charge in [0, 0.05) is 26.1 Å². The Morgan fingerprint density at radius 1 is 1.21 bits per heavy atom. The molecule has 0 bridgehead atoms. The van der Waals surface area contributed by atoms with E-state index in [2.05, 4.69) is 20.6 Å². The molecule has 3 N–H and O–H groups in total. The van der Waals surface area contributed by atoms with Gasteiger partial charge in [-0.2, -0.15) is 4.98 Å². The maximum atomic E-state index is 12.8. The molecule has 4 rings (SSSR count). The van der Waals surface area contributed by atoms with Crippen molar-refractivity contribution in [2.24, 2.45) is 0 Å². The number of carbonyl (C=O) groups is 2. The number of rotatable bonds is 5. The smallest absolute Gasteiger partial charge is 0.258 e. The minimum absolute atomic E-state index is 0.0775. The highest BCUT2D eigenvalue weighted by atomic mass is 16.5. The second-order valence-electron chi connectivity index (χ2n) is 7.08. The molecule has 1 aromatic heterocycles. The van der Waals surface area contributed by atoms with E-state index in [0.717, 1.165) is 5.56 Å². The van der Waals surface area contributed by atoms with Crippen LogP contribution >= 0.6 is 0 Å². The first kappa shape index (κ1) is 19.1. The maximum Gasteiger partial charge on any atom is 0.258 e. The SMILES string of the molecule is O=C1C[C@@H](C(=O)NCCc2ccccc2)c2c(nc(N3CCOCC3)[nH]c2=O)N1. The van der Waals surface area contributed by atoms with Crippen LogP contribution in [0.2, 0.25) is 0 Å². The van der Waals surface area contributed by atoms with Crippen LogP contribution in [0.15, 0.2) is 35.1 Å². The van der Waals surface area contributed by atoms with Gasteiger partial charge in [-0.05, 0) is 12.0 Å². The van der Waals surface area contributed by atoms with Crippen LogP contribution in [0.1, 0.15) is 23.5 Å². The minimum Gasteiger partial charge on any atom is -0.378 e. The quantitative estimate of drug-likeness (QED) is 0.672. The fraction of sp³-hybridized carbons (Fsp3) is 0.400. The number of hydrogen-bond acceptors (Lipinski definition) is 6. The lowest BCUT2D eigenvalue weighted by molar-refractivity contribution is -0.126. The van der Waals surface area contributed by atoms with Crippen LogP contribution in [0, 0.1) is 0 Å². The molecule has 2 aromatic rings. The highest BCUT2D eigenvalue weighted by Crippen LogP contribution is 2.29. The third-order valence-corrected chi connectivity index (χ3v) is 5.12. The van der Waals surface area contributed by atoms with E-state index in [4.69, 9.17) is 4.74 Å². The van der Waals surface area contributed by atoms with Crippen molar-refractivity contribution in [1.82, 2.24) is 15.3 Å². The number of ether oxygens (including phenoxy) is 1. The largest absolute Gasteiger partial charge is 0.378 e. The number of hydrogen-bond donors (Lipinski definition) is 3. The highest BCUT2D eigenvalue weighted by Gasteiger charge is 2.35. The van der Waals surface area contributed by atoms with Crippen LogP contribution < -0.4 is 21.1 Å². The highest BCUT2D eigenvalue weighted by molar-refractivity contribution is 6.00. The summed E-state index contributed by atoms with van der Waals surface area (Å²) in [6.45, 7) is 2.70. The predicted octanol–water partition coefficient (Wildman–Crippen LogP) is 0.391. The van der Waals surface area contributed by atoms with Crippen molar-refractivity contribution in [2.75, 3.05) is 43.1 Å². The van der Waals surface area contributed by atoms with Crippen LogP contribution in [-0.2, 0) is 20.7 Å². The van der Waals surface area contributed by atoms with Crippen molar-refractivity contribution in [3.8, 4) is 0 Å². The number of nitrogens with one attached hydrogen (secondary N) is 3. The molecular weight excluding hydrogens is 374 g/mol. The van der Waals surface area contributed by atoms with E-state index in [1.54, 1.807) is 0 Å². The topological polar surface area (TPSA) is 116 Å². The van der Waals surface area contributed by atoms with Crippen molar-refractivity contribution in [3.63, 3.8) is 0 Å². The van der Waals surface area contributed by atoms with Crippen LogP contribution in [0.5, 0.6) is 0 Å². The van der Waals surface area contributed by atoms with Gasteiger partial charge in [0.25, 0.3) is 5.56 Å². The number of nitrogens with zero attached hydrogens (tertiary/aromatic N) is 2. The fourth-order valence-corrected chi connectivity index (χ4v) is 3.61. The van der Waals surface area contributed by atoms with Crippen molar-refractivity contribution < 1.29 is 14.3 Å². The molecule has 0 saturated carbocycles. The number of H-pyrrole nitrogens is 1. The average Bonchev–Trinajstić information content (AvgIpc) is 2.74. The molecule has 152 valence electrons. The standard InChI is InChI=1S/C20H23N5O4/c26-15-12-14(18(27)21-7-6-13-4-2-1-3-5-13)16-17(22-15)23-20(24-19(16)28)25-8-10-29-11-9-25/h1-5,14H,6-12H2,(H,21,27)(H2,22,23,24,26,28)/t14-/m1/s1. The summed E-state index contributed by atoms with van der Waals surface area (Å²) >= 11 is 0. The summed E-state index contributed by atoms with van der Waals surface area (Å²) in [5.41, 5.74) is 0.905. The second-order valence-corrected chi connectivity index (χ2v) is 7.08. The van der Waals surface area contributed by atoms with Gasteiger partial charge in [0.1, 0.15) is 5.82 Å². The van der Waals surface area contributed by atoms with Gasteiger partial charge in [-0.15, -0.1) is 0 Å². The number of aromatic amines is 1. The number of carbonyl (C=O) groups excluding carboxylic acids is 2. The van der Waals surface area contributed by atoms with E-state index in [-0.39, 0.29) is 29.6 Å². The number of benzene rings is 1. The fourth-order valence-electron chi connectivity index (χ4n) is 3.61. The molecule has 1 fully saturated rings. The lowest BCUT2D eigenvalue weighted by atomic mass is 9.92. The van der Waals surface area contributed by atoms with Crippen molar-refractivity contribution in [1.29, 1.82) is 0 Å². The van der Waals surface area contributed by atoms with E-state index < -0.39 is 11.5 Å². The summed E-state index contributed by atoms with van der Waals surface area (Å²) in [6.07, 6.45) is 0.592. The van der Waals surface area contributed by atoms with Crippen molar-refractivity contribution in [2.45, 2.75) is 18.8 Å². The Morgan fingerprint density at radius 3 is 2.72 bits per heavy atom. The van der Waals surface area contributed by atoms with Crippen molar-refractivity contribution in [3.05, 3.63) is 51.8 Å². The van der Waals surface area contributed by atoms with Crippen molar-refractivity contribution >= 4 is 23.6 Å². The summed E-state index contributed by atoms with van der Waals surface area (Å²) in [5.74, 6) is -0.989. The van der Waals surface area contributed by atoms with Gasteiger partial charge >= 0.3 is 0 Å². The third kappa shape index (κ3) is 4.29. The van der Waals surface area contributed by atoms with Crippen LogP contribution in [0.25, 0.3) is 0 Å². The molecule has 2 amide bonds. The van der Waals surface area contributed by atoms with E-state index in [1.165, 1.54) is 0 Å². The van der Waals surface area contributed by atoms with E-state index in [1.807, 2.05) is 35.2 Å². The van der Waals surface area contributed by atoms with E-state index in [0.29, 0.717) is 45.2 Å². The number of morpholine rings is 1. The second kappa shape index (κ2) is 8.44. The zero-order chi connectivity index (χ0) is 20.2. The molecule has 0 radical (unpaired) electrons. The summed E-state index contributed by atoms with van der Waals surface area (Å²) in [7, 11) is 0. The first-order chi connectivity index (χ1) is 14.1. The van der Waals surface area contributed by atoms with Gasteiger partial charge < -0.3 is 20.3 Å². The Hall–Kier alpha value is -3.20. The maximum absolute atomic E-state index is 12.8. The molecule has 9 nitrogen and oxygen atoms in total. The van der Waals surface area contributed by atoms with Crippen LogP contribution in [0.4, 0.5) is 11.8 Å². The molecule has 29 heavy (non-hydrogen) atoms. The van der Waals surface area contributed by atoms with Crippen LogP contribution in [-0.4, -0.2) is 54.6 Å². The number of anilines is 2. The van der Waals surface area contributed by atoms with E-state index in [9.17, 15) is 14.4 Å².